The van der Waals surface area contributed by atoms with Gasteiger partial charge in [0.1, 0.15) is 5.75 Å². The first-order chi connectivity index (χ1) is 9.10. The molecule has 0 aromatic heterocycles. The molecule has 0 aliphatic heterocycles. The van der Waals surface area contributed by atoms with E-state index < -0.39 is 0 Å². The molecule has 3 N–H and O–H groups in total. The molecule has 1 rings (SSSR count). The molecule has 0 aliphatic rings. The van der Waals surface area contributed by atoms with E-state index in [1.165, 1.54) is 0 Å². The van der Waals surface area contributed by atoms with Crippen LogP contribution in [0.25, 0.3) is 0 Å². The number of rotatable bonds is 7. The van der Waals surface area contributed by atoms with Gasteiger partial charge in [-0.05, 0) is 38.0 Å². The van der Waals surface area contributed by atoms with Gasteiger partial charge in [-0.3, -0.25) is 4.79 Å². The monoisotopic (exact) mass is 264 g/mol. The van der Waals surface area contributed by atoms with Gasteiger partial charge in [-0.15, -0.1) is 0 Å². The molecule has 0 unspecified atom stereocenters. The third-order valence-corrected chi connectivity index (χ3v) is 3.53. The highest BCUT2D eigenvalue weighted by Gasteiger charge is 2.26. The Bertz CT molecular complexity index is 406. The molecule has 106 valence electrons. The SMILES string of the molecule is CCOc1cccc(C(=O)NC(CC)(CC)CN)c1. The summed E-state index contributed by atoms with van der Waals surface area (Å²) in [6.07, 6.45) is 1.63. The first-order valence-corrected chi connectivity index (χ1v) is 6.86. The Morgan fingerprint density at radius 1 is 1.32 bits per heavy atom. The Labute approximate surface area is 115 Å². The summed E-state index contributed by atoms with van der Waals surface area (Å²) in [6.45, 7) is 7.01. The molecule has 0 aliphatic carbocycles. The molecule has 0 saturated carbocycles. The zero-order valence-electron chi connectivity index (χ0n) is 12.0. The van der Waals surface area contributed by atoms with Crippen molar-refractivity contribution < 1.29 is 9.53 Å². The fourth-order valence-electron chi connectivity index (χ4n) is 1.97. The molecular weight excluding hydrogens is 240 g/mol. The number of nitrogens with two attached hydrogens (primary N) is 1. The van der Waals surface area contributed by atoms with E-state index in [0.717, 1.165) is 12.8 Å². The van der Waals surface area contributed by atoms with Gasteiger partial charge >= 0.3 is 0 Å². The fourth-order valence-corrected chi connectivity index (χ4v) is 1.97. The third kappa shape index (κ3) is 3.96. The van der Waals surface area contributed by atoms with Crippen LogP contribution in [-0.4, -0.2) is 24.6 Å². The number of ether oxygens (including phenoxy) is 1. The van der Waals surface area contributed by atoms with E-state index in [2.05, 4.69) is 5.32 Å². The zero-order valence-corrected chi connectivity index (χ0v) is 12.0. The number of hydrogen-bond donors (Lipinski definition) is 2. The predicted molar refractivity (Wildman–Crippen MR) is 77.4 cm³/mol. The van der Waals surface area contributed by atoms with Crippen LogP contribution < -0.4 is 15.8 Å². The molecule has 4 nitrogen and oxygen atoms in total. The van der Waals surface area contributed by atoms with Crippen LogP contribution in [0.5, 0.6) is 5.75 Å². The van der Waals surface area contributed by atoms with Crippen molar-refractivity contribution in [2.45, 2.75) is 39.2 Å². The molecule has 0 fully saturated rings. The van der Waals surface area contributed by atoms with E-state index in [1.54, 1.807) is 12.1 Å². The Balaban J connectivity index is 2.85. The van der Waals surface area contributed by atoms with Crippen LogP contribution in [0, 0.1) is 0 Å². The number of carbonyl (C=O) groups is 1. The number of nitrogens with one attached hydrogen (secondary N) is 1. The molecule has 0 atom stereocenters. The van der Waals surface area contributed by atoms with Crippen LogP contribution in [0.3, 0.4) is 0 Å². The molecule has 1 aromatic rings. The van der Waals surface area contributed by atoms with Gasteiger partial charge in [0.2, 0.25) is 0 Å². The number of amides is 1. The molecule has 0 radical (unpaired) electrons. The third-order valence-electron chi connectivity index (χ3n) is 3.53. The summed E-state index contributed by atoms with van der Waals surface area (Å²) in [4.78, 5) is 12.3. The van der Waals surface area contributed by atoms with Crippen LogP contribution in [0.1, 0.15) is 44.0 Å². The minimum absolute atomic E-state index is 0.101. The van der Waals surface area contributed by atoms with Crippen molar-refractivity contribution in [3.05, 3.63) is 29.8 Å². The molecule has 0 heterocycles. The van der Waals surface area contributed by atoms with Gasteiger partial charge in [0.15, 0.2) is 0 Å². The van der Waals surface area contributed by atoms with Crippen molar-refractivity contribution in [1.29, 1.82) is 0 Å². The maximum atomic E-state index is 12.3. The van der Waals surface area contributed by atoms with Gasteiger partial charge < -0.3 is 15.8 Å². The fraction of sp³-hybridized carbons (Fsp3) is 0.533. The van der Waals surface area contributed by atoms with Crippen LogP contribution in [0.2, 0.25) is 0 Å². The summed E-state index contributed by atoms with van der Waals surface area (Å²) in [5.74, 6) is 0.609. The lowest BCUT2D eigenvalue weighted by Gasteiger charge is -2.31. The predicted octanol–water partition coefficient (Wildman–Crippen LogP) is 2.33. The molecule has 4 heteroatoms. The molecule has 0 saturated heterocycles. The second kappa shape index (κ2) is 7.14. The summed E-state index contributed by atoms with van der Waals surface area (Å²) in [7, 11) is 0. The highest BCUT2D eigenvalue weighted by molar-refractivity contribution is 5.95. The summed E-state index contributed by atoms with van der Waals surface area (Å²) in [5.41, 5.74) is 6.08. The number of hydrogen-bond acceptors (Lipinski definition) is 3. The van der Waals surface area contributed by atoms with Gasteiger partial charge in [0.05, 0.1) is 12.1 Å². The van der Waals surface area contributed by atoms with E-state index in [-0.39, 0.29) is 11.4 Å². The lowest BCUT2D eigenvalue weighted by molar-refractivity contribution is 0.0895. The van der Waals surface area contributed by atoms with Crippen molar-refractivity contribution in [3.8, 4) is 5.75 Å². The molecule has 0 bridgehead atoms. The van der Waals surface area contributed by atoms with Gasteiger partial charge in [0, 0.05) is 12.1 Å². The first kappa shape index (κ1) is 15.5. The summed E-state index contributed by atoms with van der Waals surface area (Å²) in [5, 5.41) is 3.05. The summed E-state index contributed by atoms with van der Waals surface area (Å²) < 4.78 is 5.40. The number of benzene rings is 1. The van der Waals surface area contributed by atoms with Crippen LogP contribution in [0.15, 0.2) is 24.3 Å². The Hall–Kier alpha value is -1.55. The molecular formula is C15H24N2O2. The van der Waals surface area contributed by atoms with Gasteiger partial charge in [-0.1, -0.05) is 19.9 Å². The van der Waals surface area contributed by atoms with Crippen LogP contribution in [-0.2, 0) is 0 Å². The minimum atomic E-state index is -0.321. The van der Waals surface area contributed by atoms with Crippen molar-refractivity contribution in [3.63, 3.8) is 0 Å². The second-order valence-corrected chi connectivity index (χ2v) is 4.61. The molecule has 1 amide bonds. The van der Waals surface area contributed by atoms with E-state index in [1.807, 2.05) is 32.9 Å². The quantitative estimate of drug-likeness (QED) is 0.794. The normalized spacial score (nSPS) is 11.2. The van der Waals surface area contributed by atoms with Crippen molar-refractivity contribution >= 4 is 5.91 Å². The molecule has 1 aromatic carbocycles. The van der Waals surface area contributed by atoms with Crippen molar-refractivity contribution in [2.24, 2.45) is 5.73 Å². The highest BCUT2D eigenvalue weighted by Crippen LogP contribution is 2.17. The average molecular weight is 264 g/mol. The second-order valence-electron chi connectivity index (χ2n) is 4.61. The van der Waals surface area contributed by atoms with Gasteiger partial charge in [0.25, 0.3) is 5.91 Å². The van der Waals surface area contributed by atoms with Crippen LogP contribution >= 0.6 is 0 Å². The molecule has 0 spiro atoms. The summed E-state index contributed by atoms with van der Waals surface area (Å²) in [6, 6.07) is 7.20. The maximum absolute atomic E-state index is 12.3. The lowest BCUT2D eigenvalue weighted by Crippen LogP contribution is -2.52. The van der Waals surface area contributed by atoms with Gasteiger partial charge in [-0.25, -0.2) is 0 Å². The Morgan fingerprint density at radius 2 is 2.00 bits per heavy atom. The topological polar surface area (TPSA) is 64.3 Å². The van der Waals surface area contributed by atoms with E-state index in [4.69, 9.17) is 10.5 Å². The Morgan fingerprint density at radius 3 is 2.53 bits per heavy atom. The smallest absolute Gasteiger partial charge is 0.251 e. The van der Waals surface area contributed by atoms with E-state index >= 15 is 0 Å². The van der Waals surface area contributed by atoms with E-state index in [0.29, 0.717) is 24.5 Å². The molecule has 19 heavy (non-hydrogen) atoms. The first-order valence-electron chi connectivity index (χ1n) is 6.86. The van der Waals surface area contributed by atoms with Crippen molar-refractivity contribution in [1.82, 2.24) is 5.32 Å². The van der Waals surface area contributed by atoms with E-state index in [9.17, 15) is 4.79 Å². The maximum Gasteiger partial charge on any atom is 0.251 e. The highest BCUT2D eigenvalue weighted by atomic mass is 16.5. The average Bonchev–Trinajstić information content (AvgIpc) is 2.45. The van der Waals surface area contributed by atoms with Crippen molar-refractivity contribution in [2.75, 3.05) is 13.2 Å². The minimum Gasteiger partial charge on any atom is -0.494 e. The zero-order chi connectivity index (χ0) is 14.3. The Kier molecular flexibility index (Phi) is 5.83. The standard InChI is InChI=1S/C15H24N2O2/c1-4-15(5-2,11-16)17-14(18)12-8-7-9-13(10-12)19-6-3/h7-10H,4-6,11,16H2,1-3H3,(H,17,18). The summed E-state index contributed by atoms with van der Waals surface area (Å²) >= 11 is 0. The number of carbonyl (C=O) groups excluding carboxylic acids is 1. The van der Waals surface area contributed by atoms with Crippen LogP contribution in [0.4, 0.5) is 0 Å². The largest absolute Gasteiger partial charge is 0.494 e. The lowest BCUT2D eigenvalue weighted by atomic mass is 9.92. The van der Waals surface area contributed by atoms with Gasteiger partial charge in [-0.2, -0.15) is 0 Å².